The van der Waals surface area contributed by atoms with Crippen molar-refractivity contribution < 1.29 is 19.4 Å². The predicted octanol–water partition coefficient (Wildman–Crippen LogP) is 1.66. The Hall–Kier alpha value is -1.56. The van der Waals surface area contributed by atoms with E-state index in [-0.39, 0.29) is 0 Å². The molecule has 0 fully saturated rings. The molecule has 92 valence electrons. The maximum Gasteiger partial charge on any atom is 0.325 e. The molecule has 0 radical (unpaired) electrons. The van der Waals surface area contributed by atoms with E-state index in [4.69, 9.17) is 9.84 Å². The SMILES string of the molecule is COc1cc(Br)ccc1C(=O)N[C@H](C)C(=O)O. The molecule has 0 spiro atoms. The van der Waals surface area contributed by atoms with E-state index < -0.39 is 17.9 Å². The first-order chi connectivity index (χ1) is 7.95. The summed E-state index contributed by atoms with van der Waals surface area (Å²) in [5.41, 5.74) is 0.295. The second-order valence-corrected chi connectivity index (χ2v) is 4.29. The Bertz CT molecular complexity index is 447. The lowest BCUT2D eigenvalue weighted by Gasteiger charge is -2.12. The highest BCUT2D eigenvalue weighted by Crippen LogP contribution is 2.23. The summed E-state index contributed by atoms with van der Waals surface area (Å²) in [7, 11) is 1.44. The van der Waals surface area contributed by atoms with Crippen molar-refractivity contribution in [3.8, 4) is 5.75 Å². The Morgan fingerprint density at radius 2 is 2.12 bits per heavy atom. The number of ether oxygens (including phenoxy) is 1. The van der Waals surface area contributed by atoms with E-state index in [0.717, 1.165) is 4.47 Å². The average Bonchev–Trinajstić information content (AvgIpc) is 2.28. The molecule has 1 aromatic carbocycles. The largest absolute Gasteiger partial charge is 0.496 e. The number of carboxylic acids is 1. The van der Waals surface area contributed by atoms with Gasteiger partial charge in [0.2, 0.25) is 0 Å². The maximum atomic E-state index is 11.8. The number of methoxy groups -OCH3 is 1. The van der Waals surface area contributed by atoms with Gasteiger partial charge in [0.25, 0.3) is 5.91 Å². The summed E-state index contributed by atoms with van der Waals surface area (Å²) >= 11 is 3.25. The fourth-order valence-corrected chi connectivity index (χ4v) is 1.53. The van der Waals surface area contributed by atoms with Crippen LogP contribution in [0.2, 0.25) is 0 Å². The lowest BCUT2D eigenvalue weighted by molar-refractivity contribution is -0.138. The van der Waals surface area contributed by atoms with Crippen LogP contribution in [-0.4, -0.2) is 30.1 Å². The Morgan fingerprint density at radius 3 is 2.65 bits per heavy atom. The highest BCUT2D eigenvalue weighted by molar-refractivity contribution is 9.10. The molecule has 1 amide bonds. The van der Waals surface area contributed by atoms with Gasteiger partial charge in [0.1, 0.15) is 11.8 Å². The molecule has 1 rings (SSSR count). The number of carbonyl (C=O) groups is 2. The van der Waals surface area contributed by atoms with Gasteiger partial charge in [-0.05, 0) is 25.1 Å². The average molecular weight is 302 g/mol. The molecule has 0 aliphatic rings. The van der Waals surface area contributed by atoms with E-state index in [1.807, 2.05) is 0 Å². The minimum Gasteiger partial charge on any atom is -0.496 e. The number of nitrogens with one attached hydrogen (secondary N) is 1. The molecule has 0 heterocycles. The van der Waals surface area contributed by atoms with Crippen molar-refractivity contribution in [3.63, 3.8) is 0 Å². The van der Waals surface area contributed by atoms with Gasteiger partial charge in [-0.15, -0.1) is 0 Å². The van der Waals surface area contributed by atoms with E-state index in [0.29, 0.717) is 11.3 Å². The molecular formula is C11H12BrNO4. The smallest absolute Gasteiger partial charge is 0.325 e. The number of halogens is 1. The predicted molar refractivity (Wildman–Crippen MR) is 65.3 cm³/mol. The highest BCUT2D eigenvalue weighted by atomic mass is 79.9. The van der Waals surface area contributed by atoms with Crippen molar-refractivity contribution in [2.75, 3.05) is 7.11 Å². The maximum absolute atomic E-state index is 11.8. The van der Waals surface area contributed by atoms with E-state index in [1.54, 1.807) is 18.2 Å². The van der Waals surface area contributed by atoms with Crippen LogP contribution in [0.15, 0.2) is 22.7 Å². The van der Waals surface area contributed by atoms with Crippen LogP contribution < -0.4 is 10.1 Å². The van der Waals surface area contributed by atoms with Gasteiger partial charge in [-0.2, -0.15) is 0 Å². The summed E-state index contributed by atoms with van der Waals surface area (Å²) < 4.78 is 5.83. The van der Waals surface area contributed by atoms with Crippen LogP contribution in [0, 0.1) is 0 Å². The molecule has 1 aromatic rings. The Balaban J connectivity index is 2.92. The molecule has 6 heteroatoms. The van der Waals surface area contributed by atoms with Gasteiger partial charge in [-0.1, -0.05) is 15.9 Å². The number of carbonyl (C=O) groups excluding carboxylic acids is 1. The van der Waals surface area contributed by atoms with Gasteiger partial charge < -0.3 is 15.2 Å². The molecule has 0 aromatic heterocycles. The molecule has 2 N–H and O–H groups in total. The number of benzene rings is 1. The molecule has 17 heavy (non-hydrogen) atoms. The third kappa shape index (κ3) is 3.45. The molecule has 0 unspecified atom stereocenters. The van der Waals surface area contributed by atoms with Crippen LogP contribution in [-0.2, 0) is 4.79 Å². The van der Waals surface area contributed by atoms with E-state index >= 15 is 0 Å². The van der Waals surface area contributed by atoms with Crippen molar-refractivity contribution in [1.82, 2.24) is 5.32 Å². The van der Waals surface area contributed by atoms with Crippen molar-refractivity contribution in [1.29, 1.82) is 0 Å². The molecule has 0 aliphatic carbocycles. The monoisotopic (exact) mass is 301 g/mol. The first kappa shape index (κ1) is 13.5. The summed E-state index contributed by atoms with van der Waals surface area (Å²) in [5.74, 6) is -1.19. The Kier molecular flexibility index (Phi) is 4.51. The lowest BCUT2D eigenvalue weighted by atomic mass is 10.1. The van der Waals surface area contributed by atoms with Crippen LogP contribution in [0.1, 0.15) is 17.3 Å². The van der Waals surface area contributed by atoms with Crippen LogP contribution in [0.3, 0.4) is 0 Å². The second kappa shape index (κ2) is 5.67. The number of amides is 1. The van der Waals surface area contributed by atoms with E-state index in [1.165, 1.54) is 14.0 Å². The summed E-state index contributed by atoms with van der Waals surface area (Å²) in [6, 6.07) is 3.94. The molecule has 0 bridgehead atoms. The van der Waals surface area contributed by atoms with Crippen molar-refractivity contribution in [2.24, 2.45) is 0 Å². The summed E-state index contributed by atoms with van der Waals surface area (Å²) in [5, 5.41) is 11.1. The summed E-state index contributed by atoms with van der Waals surface area (Å²) in [6.45, 7) is 1.39. The van der Waals surface area contributed by atoms with E-state index in [2.05, 4.69) is 21.2 Å². The fraction of sp³-hybridized carbons (Fsp3) is 0.273. The van der Waals surface area contributed by atoms with Crippen LogP contribution >= 0.6 is 15.9 Å². The minimum absolute atomic E-state index is 0.295. The van der Waals surface area contributed by atoms with Crippen molar-refractivity contribution in [2.45, 2.75) is 13.0 Å². The van der Waals surface area contributed by atoms with Crippen LogP contribution in [0.25, 0.3) is 0 Å². The number of rotatable bonds is 4. The summed E-state index contributed by atoms with van der Waals surface area (Å²) in [4.78, 5) is 22.4. The normalized spacial score (nSPS) is 11.7. The van der Waals surface area contributed by atoms with Crippen LogP contribution in [0.4, 0.5) is 0 Å². The van der Waals surface area contributed by atoms with E-state index in [9.17, 15) is 9.59 Å². The number of hydrogen-bond acceptors (Lipinski definition) is 3. The third-order valence-corrected chi connectivity index (χ3v) is 2.62. The fourth-order valence-electron chi connectivity index (χ4n) is 1.19. The number of carboxylic acid groups (broad SMARTS) is 1. The first-order valence-corrected chi connectivity index (χ1v) is 5.62. The second-order valence-electron chi connectivity index (χ2n) is 3.38. The number of aliphatic carboxylic acids is 1. The van der Waals surface area contributed by atoms with Gasteiger partial charge in [-0.3, -0.25) is 9.59 Å². The topological polar surface area (TPSA) is 75.6 Å². The highest BCUT2D eigenvalue weighted by Gasteiger charge is 2.18. The van der Waals surface area contributed by atoms with Gasteiger partial charge in [-0.25, -0.2) is 0 Å². The molecular weight excluding hydrogens is 290 g/mol. The lowest BCUT2D eigenvalue weighted by Crippen LogP contribution is -2.38. The van der Waals surface area contributed by atoms with Crippen LogP contribution in [0.5, 0.6) is 5.75 Å². The van der Waals surface area contributed by atoms with Crippen molar-refractivity contribution in [3.05, 3.63) is 28.2 Å². The quantitative estimate of drug-likeness (QED) is 0.887. The third-order valence-electron chi connectivity index (χ3n) is 2.13. The molecule has 1 atom stereocenters. The Morgan fingerprint density at radius 1 is 1.47 bits per heavy atom. The molecule has 5 nitrogen and oxygen atoms in total. The molecule has 0 saturated carbocycles. The van der Waals surface area contributed by atoms with Gasteiger partial charge >= 0.3 is 5.97 Å². The van der Waals surface area contributed by atoms with Gasteiger partial charge in [0, 0.05) is 4.47 Å². The molecule has 0 saturated heterocycles. The van der Waals surface area contributed by atoms with Gasteiger partial charge in [0.15, 0.2) is 0 Å². The standard InChI is InChI=1S/C11H12BrNO4/c1-6(11(15)16)13-10(14)8-4-3-7(12)5-9(8)17-2/h3-6H,1-2H3,(H,13,14)(H,15,16)/t6-/m1/s1. The van der Waals surface area contributed by atoms with Gasteiger partial charge in [0.05, 0.1) is 12.7 Å². The number of hydrogen-bond donors (Lipinski definition) is 2. The Labute approximate surface area is 107 Å². The first-order valence-electron chi connectivity index (χ1n) is 4.83. The zero-order valence-corrected chi connectivity index (χ0v) is 10.9. The minimum atomic E-state index is -1.09. The summed E-state index contributed by atoms with van der Waals surface area (Å²) in [6.07, 6.45) is 0. The molecule has 0 aliphatic heterocycles. The van der Waals surface area contributed by atoms with Crippen molar-refractivity contribution >= 4 is 27.8 Å². The zero-order chi connectivity index (χ0) is 13.0. The zero-order valence-electron chi connectivity index (χ0n) is 9.36.